The van der Waals surface area contributed by atoms with Crippen LogP contribution < -0.4 is 23.9 Å². The molecule has 4 aromatic carbocycles. The second-order valence-electron chi connectivity index (χ2n) is 8.76. The van der Waals surface area contributed by atoms with Crippen molar-refractivity contribution in [1.29, 1.82) is 0 Å². The van der Waals surface area contributed by atoms with E-state index in [9.17, 15) is 13.2 Å². The lowest BCUT2D eigenvalue weighted by molar-refractivity contribution is -0.119. The van der Waals surface area contributed by atoms with Gasteiger partial charge in [0.2, 0.25) is 0 Å². The second kappa shape index (κ2) is 14.1. The van der Waals surface area contributed by atoms with Crippen molar-refractivity contribution >= 4 is 51.0 Å². The minimum atomic E-state index is -4.16. The Morgan fingerprint density at radius 2 is 1.60 bits per heavy atom. The Hall–Kier alpha value is -4.25. The van der Waals surface area contributed by atoms with Gasteiger partial charge in [0.05, 0.1) is 41.1 Å². The summed E-state index contributed by atoms with van der Waals surface area (Å²) in [6.07, 6.45) is 1.44. The highest BCUT2D eigenvalue weighted by atomic mass is 35.5. The van der Waals surface area contributed by atoms with E-state index >= 15 is 0 Å². The van der Waals surface area contributed by atoms with Crippen molar-refractivity contribution in [3.63, 3.8) is 0 Å². The van der Waals surface area contributed by atoms with E-state index in [-0.39, 0.29) is 10.6 Å². The van der Waals surface area contributed by atoms with Crippen LogP contribution in [-0.2, 0) is 21.4 Å². The molecule has 0 aromatic heterocycles. The van der Waals surface area contributed by atoms with Gasteiger partial charge in [-0.25, -0.2) is 13.8 Å². The van der Waals surface area contributed by atoms with Crippen molar-refractivity contribution < 1.29 is 27.4 Å². The first-order valence-electron chi connectivity index (χ1n) is 12.5. The van der Waals surface area contributed by atoms with Crippen molar-refractivity contribution in [2.24, 2.45) is 5.10 Å². The number of amides is 1. The molecule has 0 bridgehead atoms. The maximum Gasteiger partial charge on any atom is 0.264 e. The average Bonchev–Trinajstić information content (AvgIpc) is 3.01. The SMILES string of the molecule is COc1ccc(S(=O)(=O)N(CC(=O)N/N=C\c2ccc(OCc3ccc(Cl)c(Cl)c3)cc2)c2ccccc2)cc1OC. The minimum absolute atomic E-state index is 0.0678. The Bertz CT molecular complexity index is 1670. The van der Waals surface area contributed by atoms with E-state index < -0.39 is 22.5 Å². The molecule has 0 aliphatic carbocycles. The molecule has 1 N–H and O–H groups in total. The third kappa shape index (κ3) is 7.73. The molecule has 0 saturated heterocycles. The fourth-order valence-electron chi connectivity index (χ4n) is 3.80. The predicted molar refractivity (Wildman–Crippen MR) is 163 cm³/mol. The molecular formula is C30H27Cl2N3O6S. The zero-order valence-electron chi connectivity index (χ0n) is 22.7. The lowest BCUT2D eigenvalue weighted by Crippen LogP contribution is -2.39. The number of para-hydroxylation sites is 1. The van der Waals surface area contributed by atoms with Crippen LogP contribution in [0.3, 0.4) is 0 Å². The third-order valence-corrected chi connectivity index (χ3v) is 8.46. The average molecular weight is 629 g/mol. The number of sulfonamides is 1. The van der Waals surface area contributed by atoms with E-state index in [0.717, 1.165) is 9.87 Å². The zero-order chi connectivity index (χ0) is 30.1. The van der Waals surface area contributed by atoms with E-state index in [2.05, 4.69) is 10.5 Å². The summed E-state index contributed by atoms with van der Waals surface area (Å²) >= 11 is 12.0. The highest BCUT2D eigenvalue weighted by molar-refractivity contribution is 7.92. The fourth-order valence-corrected chi connectivity index (χ4v) is 5.56. The highest BCUT2D eigenvalue weighted by Crippen LogP contribution is 2.32. The van der Waals surface area contributed by atoms with Gasteiger partial charge in [-0.2, -0.15) is 5.10 Å². The Labute approximate surface area is 254 Å². The number of nitrogens with one attached hydrogen (secondary N) is 1. The topological polar surface area (TPSA) is 107 Å². The number of halogens is 2. The second-order valence-corrected chi connectivity index (χ2v) is 11.4. The number of methoxy groups -OCH3 is 2. The minimum Gasteiger partial charge on any atom is -0.493 e. The Morgan fingerprint density at radius 3 is 2.26 bits per heavy atom. The molecule has 12 heteroatoms. The summed E-state index contributed by atoms with van der Waals surface area (Å²) in [4.78, 5) is 12.8. The summed E-state index contributed by atoms with van der Waals surface area (Å²) in [5.41, 5.74) is 4.26. The van der Waals surface area contributed by atoms with Gasteiger partial charge in [-0.15, -0.1) is 0 Å². The Balaban J connectivity index is 1.41. The molecule has 0 aliphatic heterocycles. The maximum absolute atomic E-state index is 13.6. The molecule has 0 fully saturated rings. The van der Waals surface area contributed by atoms with E-state index in [1.54, 1.807) is 66.7 Å². The number of hydrogen-bond acceptors (Lipinski definition) is 7. The van der Waals surface area contributed by atoms with Gasteiger partial charge in [-0.05, 0) is 71.8 Å². The molecule has 4 rings (SSSR count). The lowest BCUT2D eigenvalue weighted by Gasteiger charge is -2.24. The van der Waals surface area contributed by atoms with Crippen LogP contribution >= 0.6 is 23.2 Å². The molecule has 218 valence electrons. The quantitative estimate of drug-likeness (QED) is 0.154. The fraction of sp³-hybridized carbons (Fsp3) is 0.133. The summed E-state index contributed by atoms with van der Waals surface area (Å²) < 4.78 is 44.5. The number of carbonyl (C=O) groups is 1. The van der Waals surface area contributed by atoms with Gasteiger partial charge in [-0.1, -0.05) is 47.5 Å². The largest absolute Gasteiger partial charge is 0.493 e. The van der Waals surface area contributed by atoms with E-state index in [4.69, 9.17) is 37.4 Å². The number of rotatable bonds is 12. The molecule has 0 spiro atoms. The van der Waals surface area contributed by atoms with E-state index in [0.29, 0.717) is 39.4 Å². The number of hydrazone groups is 1. The van der Waals surface area contributed by atoms with Crippen LogP contribution in [0, 0.1) is 0 Å². The highest BCUT2D eigenvalue weighted by Gasteiger charge is 2.28. The van der Waals surface area contributed by atoms with Gasteiger partial charge in [0.15, 0.2) is 11.5 Å². The molecule has 4 aromatic rings. The van der Waals surface area contributed by atoms with Crippen LogP contribution in [0.25, 0.3) is 0 Å². The first-order chi connectivity index (χ1) is 20.2. The van der Waals surface area contributed by atoms with Gasteiger partial charge in [-0.3, -0.25) is 9.10 Å². The van der Waals surface area contributed by atoms with E-state index in [1.165, 1.54) is 38.6 Å². The van der Waals surface area contributed by atoms with Crippen LogP contribution in [0.5, 0.6) is 17.2 Å². The summed E-state index contributed by atoms with van der Waals surface area (Å²) in [5, 5.41) is 4.91. The van der Waals surface area contributed by atoms with Crippen molar-refractivity contribution in [3.8, 4) is 17.2 Å². The van der Waals surface area contributed by atoms with Gasteiger partial charge in [0.25, 0.3) is 15.9 Å². The summed E-state index contributed by atoms with van der Waals surface area (Å²) in [6, 6.07) is 24.8. The molecule has 0 atom stereocenters. The normalized spacial score (nSPS) is 11.2. The van der Waals surface area contributed by atoms with Gasteiger partial charge in [0, 0.05) is 6.07 Å². The number of hydrogen-bond donors (Lipinski definition) is 1. The molecule has 42 heavy (non-hydrogen) atoms. The van der Waals surface area contributed by atoms with Crippen LogP contribution in [0.15, 0.2) is 101 Å². The molecule has 0 heterocycles. The Morgan fingerprint density at radius 1 is 0.881 bits per heavy atom. The molecular weight excluding hydrogens is 601 g/mol. The zero-order valence-corrected chi connectivity index (χ0v) is 25.0. The molecule has 9 nitrogen and oxygen atoms in total. The van der Waals surface area contributed by atoms with Crippen molar-refractivity contribution in [3.05, 3.63) is 112 Å². The molecule has 0 aliphatic rings. The van der Waals surface area contributed by atoms with Crippen molar-refractivity contribution in [2.75, 3.05) is 25.1 Å². The van der Waals surface area contributed by atoms with Gasteiger partial charge < -0.3 is 14.2 Å². The first-order valence-corrected chi connectivity index (χ1v) is 14.7. The predicted octanol–water partition coefficient (Wildman–Crippen LogP) is 5.94. The van der Waals surface area contributed by atoms with Crippen molar-refractivity contribution in [2.45, 2.75) is 11.5 Å². The molecule has 1 amide bonds. The number of ether oxygens (including phenoxy) is 3. The standard InChI is InChI=1S/C30H27Cl2N3O6S/c1-39-28-15-13-25(17-29(28)40-2)42(37,38)35(23-6-4-3-5-7-23)19-30(36)34-33-18-21-8-11-24(12-9-21)41-20-22-10-14-26(31)27(32)16-22/h3-18H,19-20H2,1-2H3,(H,34,36)/b33-18-. The van der Waals surface area contributed by atoms with Crippen LogP contribution in [-0.4, -0.2) is 41.3 Å². The summed E-state index contributed by atoms with van der Waals surface area (Å²) in [5.74, 6) is 0.606. The third-order valence-electron chi connectivity index (χ3n) is 5.95. The van der Waals surface area contributed by atoms with Gasteiger partial charge in [0.1, 0.15) is 18.9 Å². The van der Waals surface area contributed by atoms with Gasteiger partial charge >= 0.3 is 0 Å². The monoisotopic (exact) mass is 627 g/mol. The van der Waals surface area contributed by atoms with Crippen molar-refractivity contribution in [1.82, 2.24) is 5.43 Å². The van der Waals surface area contributed by atoms with E-state index in [1.807, 2.05) is 6.07 Å². The Kier molecular flexibility index (Phi) is 10.3. The molecule has 0 unspecified atom stereocenters. The molecule has 0 saturated carbocycles. The summed E-state index contributed by atoms with van der Waals surface area (Å²) in [6.45, 7) is -0.204. The number of anilines is 1. The number of nitrogens with zero attached hydrogens (tertiary/aromatic N) is 2. The first kappa shape index (κ1) is 30.7. The maximum atomic E-state index is 13.6. The van der Waals surface area contributed by atoms with Crippen LogP contribution in [0.2, 0.25) is 10.0 Å². The number of benzene rings is 4. The summed E-state index contributed by atoms with van der Waals surface area (Å²) in [7, 11) is -1.30. The van der Waals surface area contributed by atoms with Crippen LogP contribution in [0.1, 0.15) is 11.1 Å². The smallest absolute Gasteiger partial charge is 0.264 e. The van der Waals surface area contributed by atoms with Crippen LogP contribution in [0.4, 0.5) is 5.69 Å². The lowest BCUT2D eigenvalue weighted by atomic mass is 10.2. The number of carbonyl (C=O) groups excluding carboxylic acids is 1. The molecule has 0 radical (unpaired) electrons.